The van der Waals surface area contributed by atoms with E-state index in [1.807, 2.05) is 36.4 Å². The van der Waals surface area contributed by atoms with Crippen LogP contribution in [0.1, 0.15) is 17.5 Å². The molecule has 7 heteroatoms. The maximum Gasteiger partial charge on any atom is 0.193 e. The molecule has 1 aliphatic heterocycles. The van der Waals surface area contributed by atoms with Crippen molar-refractivity contribution >= 4 is 35.6 Å². The highest BCUT2D eigenvalue weighted by Gasteiger charge is 2.20. The summed E-state index contributed by atoms with van der Waals surface area (Å²) in [6, 6.07) is 15.8. The van der Waals surface area contributed by atoms with Gasteiger partial charge >= 0.3 is 0 Å². The van der Waals surface area contributed by atoms with Gasteiger partial charge in [-0.05, 0) is 41.8 Å². The number of nitrogens with one attached hydrogen (secondary N) is 1. The second kappa shape index (κ2) is 10.5. The van der Waals surface area contributed by atoms with E-state index in [2.05, 4.69) is 27.3 Å². The number of nitrogens with two attached hydrogens (primary N) is 1. The smallest absolute Gasteiger partial charge is 0.193 e. The van der Waals surface area contributed by atoms with E-state index in [0.29, 0.717) is 12.5 Å². The lowest BCUT2D eigenvalue weighted by atomic mass is 10.1. The second-order valence-electron chi connectivity index (χ2n) is 6.50. The highest BCUT2D eigenvalue weighted by Crippen LogP contribution is 2.18. The Morgan fingerprint density at radius 1 is 1.22 bits per heavy atom. The first-order valence-electron chi connectivity index (χ1n) is 8.82. The number of halogens is 1. The first kappa shape index (κ1) is 21.5. The number of anilines is 1. The fourth-order valence-corrected chi connectivity index (χ4v) is 3.09. The van der Waals surface area contributed by atoms with Crippen LogP contribution < -0.4 is 15.8 Å². The summed E-state index contributed by atoms with van der Waals surface area (Å²) in [6.07, 6.45) is 0.642. The minimum Gasteiger partial charge on any atom is -0.497 e. The van der Waals surface area contributed by atoms with Crippen LogP contribution in [-0.4, -0.2) is 42.3 Å². The summed E-state index contributed by atoms with van der Waals surface area (Å²) in [5.74, 6) is 1.17. The molecule has 1 atom stereocenters. The van der Waals surface area contributed by atoms with Crippen LogP contribution in [0.5, 0.6) is 5.75 Å². The molecule has 0 spiro atoms. The van der Waals surface area contributed by atoms with Crippen LogP contribution in [-0.2, 0) is 13.1 Å². The quantitative estimate of drug-likeness (QED) is 0.335. The normalized spacial score (nSPS) is 17.4. The Morgan fingerprint density at radius 3 is 2.56 bits per heavy atom. The minimum atomic E-state index is -0.204. The van der Waals surface area contributed by atoms with Crippen molar-refractivity contribution in [2.75, 3.05) is 25.5 Å². The highest BCUT2D eigenvalue weighted by atomic mass is 127. The zero-order valence-electron chi connectivity index (χ0n) is 15.5. The molecule has 4 N–H and O–H groups in total. The lowest BCUT2D eigenvalue weighted by Gasteiger charge is -2.17. The molecule has 1 fully saturated rings. The monoisotopic (exact) mass is 482 g/mol. The number of likely N-dealkylation sites (tertiary alicyclic amines) is 1. The van der Waals surface area contributed by atoms with Crippen LogP contribution in [0.25, 0.3) is 0 Å². The molecule has 0 aliphatic carbocycles. The molecular weight excluding hydrogens is 455 g/mol. The fourth-order valence-electron chi connectivity index (χ4n) is 3.09. The van der Waals surface area contributed by atoms with Crippen LogP contribution >= 0.6 is 24.0 Å². The van der Waals surface area contributed by atoms with Gasteiger partial charge in [-0.3, -0.25) is 4.90 Å². The average molecular weight is 482 g/mol. The minimum absolute atomic E-state index is 0. The molecule has 1 heterocycles. The molecule has 2 aromatic carbocycles. The second-order valence-corrected chi connectivity index (χ2v) is 6.50. The van der Waals surface area contributed by atoms with Crippen LogP contribution in [0.2, 0.25) is 0 Å². The Kier molecular flexibility index (Phi) is 8.33. The maximum absolute atomic E-state index is 9.70. The first-order valence-corrected chi connectivity index (χ1v) is 8.82. The van der Waals surface area contributed by atoms with Gasteiger partial charge in [-0.15, -0.1) is 24.0 Å². The van der Waals surface area contributed by atoms with Crippen molar-refractivity contribution in [2.45, 2.75) is 25.6 Å². The fraction of sp³-hybridized carbons (Fsp3) is 0.350. The first-order chi connectivity index (χ1) is 12.6. The number of aliphatic hydroxyl groups is 1. The SMILES string of the molecule is COc1ccc(NC(N)=NCc2ccccc2CN2CCC(O)C2)cc1.I. The Bertz CT molecular complexity index is 752. The standard InChI is InChI=1S/C20H26N4O2.HI/c1-26-19-8-6-17(7-9-19)23-20(21)22-12-15-4-2-3-5-16(15)13-24-11-10-18(25)14-24;/h2-9,18,25H,10-14H2,1H3,(H3,21,22,23);1H. The van der Waals surface area contributed by atoms with Crippen molar-refractivity contribution < 1.29 is 9.84 Å². The van der Waals surface area contributed by atoms with Gasteiger partial charge < -0.3 is 20.9 Å². The Labute approximate surface area is 177 Å². The number of nitrogens with zero attached hydrogens (tertiary/aromatic N) is 2. The summed E-state index contributed by atoms with van der Waals surface area (Å²) in [6.45, 7) is 3.01. The largest absolute Gasteiger partial charge is 0.497 e. The molecule has 0 saturated carbocycles. The van der Waals surface area contributed by atoms with E-state index in [1.54, 1.807) is 7.11 Å². The number of benzene rings is 2. The number of guanidine groups is 1. The van der Waals surface area contributed by atoms with Crippen LogP contribution in [0.15, 0.2) is 53.5 Å². The summed E-state index contributed by atoms with van der Waals surface area (Å²) in [4.78, 5) is 6.74. The lowest BCUT2D eigenvalue weighted by molar-refractivity contribution is 0.174. The van der Waals surface area contributed by atoms with Gasteiger partial charge in [0, 0.05) is 25.3 Å². The van der Waals surface area contributed by atoms with Crippen LogP contribution in [0, 0.1) is 0 Å². The van der Waals surface area contributed by atoms with Gasteiger partial charge in [0.2, 0.25) is 0 Å². The number of rotatable bonds is 6. The number of methoxy groups -OCH3 is 1. The zero-order chi connectivity index (χ0) is 18.4. The van der Waals surface area contributed by atoms with Crippen molar-refractivity contribution in [2.24, 2.45) is 10.7 Å². The van der Waals surface area contributed by atoms with E-state index in [-0.39, 0.29) is 30.1 Å². The number of aliphatic imine (C=N–C) groups is 1. The molecule has 146 valence electrons. The molecule has 0 bridgehead atoms. The van der Waals surface area contributed by atoms with Gasteiger partial charge in [0.1, 0.15) is 5.75 Å². The van der Waals surface area contributed by atoms with Gasteiger partial charge in [-0.25, -0.2) is 4.99 Å². The molecule has 3 rings (SSSR count). The number of ether oxygens (including phenoxy) is 1. The summed E-state index contributed by atoms with van der Waals surface area (Å²) < 4.78 is 5.14. The Morgan fingerprint density at radius 2 is 1.93 bits per heavy atom. The third-order valence-electron chi connectivity index (χ3n) is 4.54. The van der Waals surface area contributed by atoms with Crippen molar-refractivity contribution in [3.05, 3.63) is 59.7 Å². The summed E-state index contributed by atoms with van der Waals surface area (Å²) in [5.41, 5.74) is 9.26. The molecule has 0 aromatic heterocycles. The van der Waals surface area contributed by atoms with E-state index in [0.717, 1.165) is 43.1 Å². The van der Waals surface area contributed by atoms with Crippen molar-refractivity contribution in [1.29, 1.82) is 0 Å². The summed E-state index contributed by atoms with van der Waals surface area (Å²) in [5, 5.41) is 12.8. The highest BCUT2D eigenvalue weighted by molar-refractivity contribution is 14.0. The van der Waals surface area contributed by atoms with E-state index >= 15 is 0 Å². The number of hydrogen-bond acceptors (Lipinski definition) is 4. The average Bonchev–Trinajstić information content (AvgIpc) is 3.06. The third kappa shape index (κ3) is 6.37. The van der Waals surface area contributed by atoms with Crippen molar-refractivity contribution in [3.8, 4) is 5.75 Å². The molecule has 0 radical (unpaired) electrons. The number of β-amino-alcohol motifs (C(OH)–C–C–N with tert-alkyl or cyclic N) is 1. The Hall–Kier alpha value is -1.84. The van der Waals surface area contributed by atoms with Gasteiger partial charge in [0.05, 0.1) is 19.8 Å². The predicted molar refractivity (Wildman–Crippen MR) is 120 cm³/mol. The van der Waals surface area contributed by atoms with E-state index in [1.165, 1.54) is 5.56 Å². The molecule has 1 unspecified atom stereocenters. The predicted octanol–water partition coefficient (Wildman–Crippen LogP) is 2.81. The lowest BCUT2D eigenvalue weighted by Crippen LogP contribution is -2.23. The zero-order valence-corrected chi connectivity index (χ0v) is 17.8. The molecule has 27 heavy (non-hydrogen) atoms. The third-order valence-corrected chi connectivity index (χ3v) is 4.54. The van der Waals surface area contributed by atoms with E-state index in [4.69, 9.17) is 10.5 Å². The summed E-state index contributed by atoms with van der Waals surface area (Å²) in [7, 11) is 1.64. The van der Waals surface area contributed by atoms with Crippen LogP contribution in [0.4, 0.5) is 5.69 Å². The molecule has 6 nitrogen and oxygen atoms in total. The molecule has 1 aliphatic rings. The van der Waals surface area contributed by atoms with E-state index < -0.39 is 0 Å². The number of hydrogen-bond donors (Lipinski definition) is 3. The van der Waals surface area contributed by atoms with Gasteiger partial charge in [-0.1, -0.05) is 24.3 Å². The van der Waals surface area contributed by atoms with Crippen molar-refractivity contribution in [1.82, 2.24) is 4.90 Å². The maximum atomic E-state index is 9.70. The molecule has 2 aromatic rings. The van der Waals surface area contributed by atoms with E-state index in [9.17, 15) is 5.11 Å². The van der Waals surface area contributed by atoms with Gasteiger partial charge in [0.15, 0.2) is 5.96 Å². The molecular formula is C20H27IN4O2. The van der Waals surface area contributed by atoms with Gasteiger partial charge in [0.25, 0.3) is 0 Å². The van der Waals surface area contributed by atoms with Crippen molar-refractivity contribution in [3.63, 3.8) is 0 Å². The van der Waals surface area contributed by atoms with Crippen LogP contribution in [0.3, 0.4) is 0 Å². The number of aliphatic hydroxyl groups excluding tert-OH is 1. The molecule has 1 saturated heterocycles. The topological polar surface area (TPSA) is 83.1 Å². The van der Waals surface area contributed by atoms with Gasteiger partial charge in [-0.2, -0.15) is 0 Å². The summed E-state index contributed by atoms with van der Waals surface area (Å²) >= 11 is 0. The Balaban J connectivity index is 0.00000261. The molecule has 0 amide bonds.